The van der Waals surface area contributed by atoms with Crippen LogP contribution >= 0.6 is 11.6 Å². The standard InChI is InChI=1S/C18H14ClF2N3O3S/c1-10-6-3-4-9-13(10)28(26,27)23-18(25)15-16(19)24(2)17(22-15)14-11(20)7-5-8-12(14)21/h3-9H,1-2H3,(H,23,25). The number of nitrogens with one attached hydrogen (secondary N) is 1. The number of amides is 1. The van der Waals surface area contributed by atoms with Crippen LogP contribution < -0.4 is 4.72 Å². The van der Waals surface area contributed by atoms with Crippen LogP contribution in [0.4, 0.5) is 8.78 Å². The van der Waals surface area contributed by atoms with Crippen molar-refractivity contribution in [3.8, 4) is 11.4 Å². The van der Waals surface area contributed by atoms with Gasteiger partial charge in [0.15, 0.2) is 5.69 Å². The monoisotopic (exact) mass is 425 g/mol. The molecule has 0 radical (unpaired) electrons. The number of sulfonamides is 1. The minimum atomic E-state index is -4.20. The number of carbonyl (C=O) groups is 1. The molecular weight excluding hydrogens is 412 g/mol. The van der Waals surface area contributed by atoms with E-state index in [1.807, 2.05) is 4.72 Å². The van der Waals surface area contributed by atoms with Crippen molar-refractivity contribution >= 4 is 27.5 Å². The van der Waals surface area contributed by atoms with Gasteiger partial charge in [-0.05, 0) is 30.7 Å². The number of rotatable bonds is 4. The number of hydrogen-bond donors (Lipinski definition) is 1. The zero-order valence-corrected chi connectivity index (χ0v) is 16.3. The van der Waals surface area contributed by atoms with Crippen LogP contribution in [0.25, 0.3) is 11.4 Å². The molecule has 146 valence electrons. The van der Waals surface area contributed by atoms with Gasteiger partial charge in [-0.2, -0.15) is 0 Å². The van der Waals surface area contributed by atoms with Gasteiger partial charge < -0.3 is 4.57 Å². The molecule has 3 rings (SSSR count). The summed E-state index contributed by atoms with van der Waals surface area (Å²) in [5.41, 5.74) is -0.518. The number of aryl methyl sites for hydroxylation is 1. The molecule has 0 saturated heterocycles. The lowest BCUT2D eigenvalue weighted by Crippen LogP contribution is -2.31. The number of aromatic nitrogens is 2. The van der Waals surface area contributed by atoms with Crippen LogP contribution in [0.5, 0.6) is 0 Å². The second-order valence-corrected chi connectivity index (χ2v) is 7.94. The Kier molecular flexibility index (Phi) is 5.22. The molecule has 1 aromatic heterocycles. The Bertz CT molecular complexity index is 1170. The van der Waals surface area contributed by atoms with Gasteiger partial charge in [-0.25, -0.2) is 26.9 Å². The van der Waals surface area contributed by atoms with E-state index in [1.54, 1.807) is 19.1 Å². The Morgan fingerprint density at radius 3 is 2.32 bits per heavy atom. The summed E-state index contributed by atoms with van der Waals surface area (Å²) in [7, 11) is -2.84. The Morgan fingerprint density at radius 1 is 1.11 bits per heavy atom. The predicted octanol–water partition coefficient (Wildman–Crippen LogP) is 3.45. The van der Waals surface area contributed by atoms with Gasteiger partial charge >= 0.3 is 0 Å². The summed E-state index contributed by atoms with van der Waals surface area (Å²) in [6, 6.07) is 9.32. The average Bonchev–Trinajstić information content (AvgIpc) is 2.90. The number of imidazole rings is 1. The molecule has 0 spiro atoms. The molecule has 3 aromatic rings. The van der Waals surface area contributed by atoms with Gasteiger partial charge in [-0.15, -0.1) is 0 Å². The van der Waals surface area contributed by atoms with E-state index >= 15 is 0 Å². The Balaban J connectivity index is 2.02. The van der Waals surface area contributed by atoms with Gasteiger partial charge in [0.1, 0.15) is 22.6 Å². The molecule has 28 heavy (non-hydrogen) atoms. The molecule has 0 unspecified atom stereocenters. The molecule has 0 fully saturated rings. The topological polar surface area (TPSA) is 81.1 Å². The van der Waals surface area contributed by atoms with Crippen LogP contribution in [0, 0.1) is 18.6 Å². The highest BCUT2D eigenvalue weighted by Crippen LogP contribution is 2.29. The van der Waals surface area contributed by atoms with Crippen molar-refractivity contribution < 1.29 is 22.0 Å². The normalized spacial score (nSPS) is 11.5. The predicted molar refractivity (Wildman–Crippen MR) is 99.4 cm³/mol. The summed E-state index contributed by atoms with van der Waals surface area (Å²) >= 11 is 6.07. The Hall–Kier alpha value is -2.78. The van der Waals surface area contributed by atoms with Crippen LogP contribution in [0.1, 0.15) is 16.1 Å². The molecule has 0 aliphatic heterocycles. The number of hydrogen-bond acceptors (Lipinski definition) is 4. The highest BCUT2D eigenvalue weighted by molar-refractivity contribution is 7.90. The molecule has 10 heteroatoms. The van der Waals surface area contributed by atoms with Crippen LogP contribution in [0.2, 0.25) is 5.15 Å². The first-order valence-corrected chi connectivity index (χ1v) is 9.79. The van der Waals surface area contributed by atoms with Crippen molar-refractivity contribution in [3.05, 3.63) is 70.5 Å². The molecule has 0 bridgehead atoms. The minimum absolute atomic E-state index is 0.0872. The Morgan fingerprint density at radius 2 is 1.71 bits per heavy atom. The fourth-order valence-corrected chi connectivity index (χ4v) is 4.05. The number of halogens is 3. The SMILES string of the molecule is Cc1ccccc1S(=O)(=O)NC(=O)c1nc(-c2c(F)cccc2F)n(C)c1Cl. The summed E-state index contributed by atoms with van der Waals surface area (Å²) in [5, 5.41) is -0.268. The van der Waals surface area contributed by atoms with Crippen molar-refractivity contribution in [2.24, 2.45) is 7.05 Å². The van der Waals surface area contributed by atoms with E-state index in [1.165, 1.54) is 25.2 Å². The van der Waals surface area contributed by atoms with Crippen LogP contribution in [0.15, 0.2) is 47.4 Å². The maximum absolute atomic E-state index is 14.1. The highest BCUT2D eigenvalue weighted by atomic mass is 35.5. The third-order valence-corrected chi connectivity index (χ3v) is 5.96. The van der Waals surface area contributed by atoms with E-state index in [-0.39, 0.29) is 15.9 Å². The molecule has 6 nitrogen and oxygen atoms in total. The highest BCUT2D eigenvalue weighted by Gasteiger charge is 2.27. The van der Waals surface area contributed by atoms with Crippen LogP contribution in [-0.2, 0) is 17.1 Å². The first-order valence-electron chi connectivity index (χ1n) is 7.93. The molecule has 2 aromatic carbocycles. The number of benzene rings is 2. The lowest BCUT2D eigenvalue weighted by Gasteiger charge is -2.08. The summed E-state index contributed by atoms with van der Waals surface area (Å²) < 4.78 is 56.1. The molecule has 0 aliphatic carbocycles. The maximum atomic E-state index is 14.1. The molecule has 0 aliphatic rings. The fourth-order valence-electron chi connectivity index (χ4n) is 2.64. The van der Waals surface area contributed by atoms with Crippen molar-refractivity contribution in [1.29, 1.82) is 0 Å². The molecule has 1 amide bonds. The molecular formula is C18H14ClF2N3O3S. The first kappa shape index (κ1) is 20.0. The third-order valence-electron chi connectivity index (χ3n) is 4.04. The van der Waals surface area contributed by atoms with Crippen LogP contribution in [0.3, 0.4) is 0 Å². The number of carbonyl (C=O) groups excluding carboxylic acids is 1. The van der Waals surface area contributed by atoms with Crippen molar-refractivity contribution in [2.75, 3.05) is 0 Å². The largest absolute Gasteiger partial charge is 0.317 e. The van der Waals surface area contributed by atoms with Gasteiger partial charge in [0.25, 0.3) is 15.9 Å². The van der Waals surface area contributed by atoms with Crippen LogP contribution in [-0.4, -0.2) is 23.9 Å². The van der Waals surface area contributed by atoms with Gasteiger partial charge in [0.05, 0.1) is 10.5 Å². The van der Waals surface area contributed by atoms with Gasteiger partial charge in [-0.1, -0.05) is 35.9 Å². The zero-order chi connectivity index (χ0) is 20.6. The van der Waals surface area contributed by atoms with E-state index < -0.39 is 38.8 Å². The molecule has 1 N–H and O–H groups in total. The molecule has 1 heterocycles. The lowest BCUT2D eigenvalue weighted by atomic mass is 10.2. The summed E-state index contributed by atoms with van der Waals surface area (Å²) in [6.07, 6.45) is 0. The van der Waals surface area contributed by atoms with E-state index in [0.29, 0.717) is 5.56 Å². The first-order chi connectivity index (χ1) is 13.1. The second-order valence-electron chi connectivity index (χ2n) is 5.93. The van der Waals surface area contributed by atoms with Gasteiger partial charge in [-0.3, -0.25) is 4.79 Å². The maximum Gasteiger partial charge on any atom is 0.286 e. The lowest BCUT2D eigenvalue weighted by molar-refractivity contribution is 0.0977. The smallest absolute Gasteiger partial charge is 0.286 e. The van der Waals surface area contributed by atoms with E-state index in [9.17, 15) is 22.0 Å². The second kappa shape index (κ2) is 7.33. The molecule has 0 saturated carbocycles. The summed E-state index contributed by atoms with van der Waals surface area (Å²) in [5.74, 6) is -3.17. The van der Waals surface area contributed by atoms with Crippen molar-refractivity contribution in [2.45, 2.75) is 11.8 Å². The van der Waals surface area contributed by atoms with Gasteiger partial charge in [0.2, 0.25) is 0 Å². The summed E-state index contributed by atoms with van der Waals surface area (Å²) in [4.78, 5) is 16.3. The van der Waals surface area contributed by atoms with E-state index in [0.717, 1.165) is 16.7 Å². The minimum Gasteiger partial charge on any atom is -0.317 e. The van der Waals surface area contributed by atoms with E-state index in [2.05, 4.69) is 4.98 Å². The third kappa shape index (κ3) is 3.50. The van der Waals surface area contributed by atoms with Crippen molar-refractivity contribution in [3.63, 3.8) is 0 Å². The quantitative estimate of drug-likeness (QED) is 0.694. The van der Waals surface area contributed by atoms with Crippen molar-refractivity contribution in [1.82, 2.24) is 14.3 Å². The van der Waals surface area contributed by atoms with Gasteiger partial charge in [0, 0.05) is 7.05 Å². The Labute approximate surface area is 164 Å². The average molecular weight is 426 g/mol. The molecule has 0 atom stereocenters. The van der Waals surface area contributed by atoms with E-state index in [4.69, 9.17) is 11.6 Å². The fraction of sp³-hybridized carbons (Fsp3) is 0.111. The number of nitrogens with zero attached hydrogens (tertiary/aromatic N) is 2. The summed E-state index contributed by atoms with van der Waals surface area (Å²) in [6.45, 7) is 1.58. The zero-order valence-electron chi connectivity index (χ0n) is 14.7.